The van der Waals surface area contributed by atoms with Crippen LogP contribution in [0.1, 0.15) is 73.1 Å². The van der Waals surface area contributed by atoms with E-state index in [1.807, 2.05) is 0 Å². The molecule has 0 aliphatic rings. The summed E-state index contributed by atoms with van der Waals surface area (Å²) in [4.78, 5) is 136. The van der Waals surface area contributed by atoms with Crippen LogP contribution in [0, 0.1) is 11.8 Å². The van der Waals surface area contributed by atoms with Crippen LogP contribution in [0.4, 0.5) is 0 Å². The van der Waals surface area contributed by atoms with E-state index >= 15 is 0 Å². The predicted octanol–water partition coefficient (Wildman–Crippen LogP) is -7.20. The molecule has 0 unspecified atom stereocenters. The van der Waals surface area contributed by atoms with Gasteiger partial charge in [0, 0.05) is 18.8 Å². The molecule has 0 aromatic carbocycles. The van der Waals surface area contributed by atoms with Gasteiger partial charge >= 0.3 is 5.97 Å². The summed E-state index contributed by atoms with van der Waals surface area (Å²) >= 11 is 3.92. The van der Waals surface area contributed by atoms with Crippen LogP contribution >= 0.6 is 12.6 Å². The van der Waals surface area contributed by atoms with E-state index in [0.717, 1.165) is 0 Å². The highest BCUT2D eigenvalue weighted by Crippen LogP contribution is 2.09. The van der Waals surface area contributed by atoms with Crippen molar-refractivity contribution in [2.45, 2.75) is 115 Å². The van der Waals surface area contributed by atoms with Gasteiger partial charge in [-0.1, -0.05) is 27.7 Å². The monoisotopic (exact) mass is 989 g/mol. The number of aliphatic imine (C=N–C) groups is 2. The minimum atomic E-state index is -1.62. The number of aliphatic carboxylic acids is 1. The number of carbonyl (C=O) groups excluding carboxylic acids is 9. The third-order valence-corrected chi connectivity index (χ3v) is 9.63. The maximum atomic E-state index is 14.0. The Morgan fingerprint density at radius 1 is 0.515 bits per heavy atom. The Balaban J connectivity index is 6.28. The van der Waals surface area contributed by atoms with Crippen LogP contribution in [0.15, 0.2) is 9.98 Å². The number of carboxylic acids is 1. The first kappa shape index (κ1) is 61.5. The number of aliphatic hydroxyl groups is 1. The van der Waals surface area contributed by atoms with Crippen LogP contribution in [-0.2, 0) is 47.9 Å². The van der Waals surface area contributed by atoms with E-state index < -0.39 is 128 Å². The van der Waals surface area contributed by atoms with E-state index in [0.29, 0.717) is 0 Å². The van der Waals surface area contributed by atoms with Crippen molar-refractivity contribution < 1.29 is 58.2 Å². The molecular weight excluding hydrogens is 917 g/mol. The van der Waals surface area contributed by atoms with Gasteiger partial charge < -0.3 is 86.7 Å². The number of rotatable bonds is 33. The number of amides is 9. The molecule has 0 fully saturated rings. The van der Waals surface area contributed by atoms with E-state index in [1.165, 1.54) is 6.92 Å². The minimum Gasteiger partial charge on any atom is -0.480 e. The molecule has 9 amide bonds. The lowest BCUT2D eigenvalue weighted by Gasteiger charge is -2.27. The van der Waals surface area contributed by atoms with Gasteiger partial charge in [-0.2, -0.15) is 12.6 Å². The standard InChI is InChI=1S/C39H72N16O12S/c1-19(2)12-25(33(63)49-16-30(59)60)54-37(67)27(17-56)55-31(61)21(5)50-34(64)23(8-6-10-45-38(41)42)52-35(65)24(9-7-11-46-39(43)44)53-36(66)26(13-20(3)4)51-29(58)15-47-28(57)14-48-32(62)22(40)18-68/h19-27,56,68H,6-18,40H2,1-5H3,(H,47,57)(H,48,62)(H,49,63)(H,50,64)(H,51,58)(H,52,65)(H,53,66)(H,54,67)(H,55,61)(H,59,60)(H4,41,42,45)(H4,43,44,46)/t21-,22-,23-,24-,25-,26-,27-/m0/s1. The van der Waals surface area contributed by atoms with Crippen LogP contribution < -0.4 is 76.5 Å². The molecule has 21 N–H and O–H groups in total. The number of thiol groups is 1. The number of nitrogens with zero attached hydrogens (tertiary/aromatic N) is 2. The average molecular weight is 989 g/mol. The molecule has 0 saturated carbocycles. The molecule has 29 heteroatoms. The van der Waals surface area contributed by atoms with Crippen molar-refractivity contribution in [2.75, 3.05) is 45.1 Å². The Kier molecular flexibility index (Phi) is 29.9. The van der Waals surface area contributed by atoms with Gasteiger partial charge in [-0.3, -0.25) is 57.9 Å². The van der Waals surface area contributed by atoms with Gasteiger partial charge in [0.05, 0.1) is 25.7 Å². The highest BCUT2D eigenvalue weighted by Gasteiger charge is 2.33. The van der Waals surface area contributed by atoms with Crippen molar-refractivity contribution in [1.29, 1.82) is 0 Å². The zero-order chi connectivity index (χ0) is 52.1. The molecule has 386 valence electrons. The summed E-state index contributed by atoms with van der Waals surface area (Å²) < 4.78 is 0. The zero-order valence-corrected chi connectivity index (χ0v) is 40.0. The molecule has 28 nitrogen and oxygen atoms in total. The van der Waals surface area contributed by atoms with Gasteiger partial charge in [-0.05, 0) is 57.3 Å². The first-order valence-corrected chi connectivity index (χ1v) is 22.4. The summed E-state index contributed by atoms with van der Waals surface area (Å²) in [5, 5.41) is 40.5. The van der Waals surface area contributed by atoms with Crippen molar-refractivity contribution in [3.05, 3.63) is 0 Å². The second-order valence-electron chi connectivity index (χ2n) is 16.3. The topological polar surface area (TPSA) is 474 Å². The second kappa shape index (κ2) is 33.1. The first-order valence-electron chi connectivity index (χ1n) is 21.7. The third-order valence-electron chi connectivity index (χ3n) is 9.24. The molecule has 0 aromatic heterocycles. The fourth-order valence-corrected chi connectivity index (χ4v) is 5.96. The molecule has 0 heterocycles. The largest absolute Gasteiger partial charge is 0.480 e. The molecule has 0 bridgehead atoms. The molecule has 0 saturated heterocycles. The van der Waals surface area contributed by atoms with Gasteiger partial charge in [-0.15, -0.1) is 0 Å². The molecule has 0 rings (SSSR count). The highest BCUT2D eigenvalue weighted by atomic mass is 32.1. The number of nitrogens with two attached hydrogens (primary N) is 5. The lowest BCUT2D eigenvalue weighted by atomic mass is 10.0. The molecular formula is C39H72N16O12S. The zero-order valence-electron chi connectivity index (χ0n) is 39.1. The van der Waals surface area contributed by atoms with Crippen LogP contribution in [-0.4, -0.2) is 169 Å². The number of carboxylic acid groups (broad SMARTS) is 1. The summed E-state index contributed by atoms with van der Waals surface area (Å²) in [6.07, 6.45) is 0.242. The lowest BCUT2D eigenvalue weighted by molar-refractivity contribution is -0.138. The van der Waals surface area contributed by atoms with Crippen molar-refractivity contribution in [3.8, 4) is 0 Å². The van der Waals surface area contributed by atoms with Crippen molar-refractivity contribution in [1.82, 2.24) is 47.9 Å². The molecule has 68 heavy (non-hydrogen) atoms. The van der Waals surface area contributed by atoms with Crippen molar-refractivity contribution in [2.24, 2.45) is 50.5 Å². The SMILES string of the molecule is CC(C)C[C@H](NC(=O)CNC(=O)CNC(=O)[C@@H](N)CS)C(=O)N[C@@H](CCCN=C(N)N)C(=O)N[C@@H](CCCN=C(N)N)C(=O)N[C@@H](C)C(=O)N[C@@H](CO)C(=O)N[C@@H](CC(C)C)C(=O)NCC(=O)O. The van der Waals surface area contributed by atoms with Crippen LogP contribution in [0.25, 0.3) is 0 Å². The summed E-state index contributed by atoms with van der Waals surface area (Å²) in [6, 6.07) is -9.17. The van der Waals surface area contributed by atoms with Crippen LogP contribution in [0.3, 0.4) is 0 Å². The van der Waals surface area contributed by atoms with E-state index in [2.05, 4.69) is 70.5 Å². The summed E-state index contributed by atoms with van der Waals surface area (Å²) in [6.45, 7) is 5.63. The Labute approximate surface area is 399 Å². The number of carbonyl (C=O) groups is 10. The van der Waals surface area contributed by atoms with E-state index in [1.54, 1.807) is 27.7 Å². The van der Waals surface area contributed by atoms with E-state index in [9.17, 15) is 53.1 Å². The summed E-state index contributed by atoms with van der Waals surface area (Å²) in [5.41, 5.74) is 27.3. The maximum Gasteiger partial charge on any atom is 0.322 e. The Morgan fingerprint density at radius 3 is 1.38 bits per heavy atom. The molecule has 0 radical (unpaired) electrons. The van der Waals surface area contributed by atoms with E-state index in [-0.39, 0.29) is 81.1 Å². The lowest BCUT2D eigenvalue weighted by Crippen LogP contribution is -2.60. The number of aliphatic hydroxyl groups excluding tert-OH is 1. The van der Waals surface area contributed by atoms with Gasteiger partial charge in [0.25, 0.3) is 0 Å². The normalized spacial score (nSPS) is 13.9. The van der Waals surface area contributed by atoms with E-state index in [4.69, 9.17) is 33.8 Å². The second-order valence-corrected chi connectivity index (χ2v) is 16.7. The number of guanidine groups is 2. The molecule has 7 atom stereocenters. The number of nitrogens with one attached hydrogen (secondary N) is 9. The smallest absolute Gasteiger partial charge is 0.322 e. The van der Waals surface area contributed by atoms with Crippen LogP contribution in [0.2, 0.25) is 0 Å². The van der Waals surface area contributed by atoms with Crippen LogP contribution in [0.5, 0.6) is 0 Å². The Hall–Kier alpha value is -6.49. The minimum absolute atomic E-state index is 0.0199. The highest BCUT2D eigenvalue weighted by molar-refractivity contribution is 7.80. The van der Waals surface area contributed by atoms with Gasteiger partial charge in [-0.25, -0.2) is 0 Å². The summed E-state index contributed by atoms with van der Waals surface area (Å²) in [5.74, 6) is -9.51. The molecule has 0 spiro atoms. The van der Waals surface area contributed by atoms with Gasteiger partial charge in [0.2, 0.25) is 53.2 Å². The predicted molar refractivity (Wildman–Crippen MR) is 252 cm³/mol. The summed E-state index contributed by atoms with van der Waals surface area (Å²) in [7, 11) is 0. The van der Waals surface area contributed by atoms with Crippen molar-refractivity contribution in [3.63, 3.8) is 0 Å². The average Bonchev–Trinajstić information content (AvgIpc) is 3.25. The quantitative estimate of drug-likeness (QED) is 0.0126. The fraction of sp³-hybridized carbons (Fsp3) is 0.692. The fourth-order valence-electron chi connectivity index (χ4n) is 5.79. The first-order chi connectivity index (χ1) is 31.8. The maximum absolute atomic E-state index is 14.0. The Morgan fingerprint density at radius 2 is 0.926 bits per heavy atom. The van der Waals surface area contributed by atoms with Gasteiger partial charge in [0.15, 0.2) is 11.9 Å². The number of hydrogen-bond donors (Lipinski definition) is 17. The molecule has 0 aliphatic carbocycles. The third kappa shape index (κ3) is 27.2. The molecule has 0 aromatic rings. The van der Waals surface area contributed by atoms with Gasteiger partial charge in [0.1, 0.15) is 42.8 Å². The Bertz CT molecular complexity index is 1780. The number of hydrogen-bond acceptors (Lipinski definition) is 15. The molecule has 0 aliphatic heterocycles. The van der Waals surface area contributed by atoms with Crippen molar-refractivity contribution >= 4 is 83.7 Å².